The lowest BCUT2D eigenvalue weighted by Gasteiger charge is -2.17. The number of imide groups is 1. The molecule has 0 unspecified atom stereocenters. The first-order chi connectivity index (χ1) is 10.6. The Morgan fingerprint density at radius 2 is 1.59 bits per heavy atom. The van der Waals surface area contributed by atoms with E-state index in [-0.39, 0.29) is 35.5 Å². The standard InChI is InChI=1S/C17H15NO4/c1-22-17(21)9-4-6-12(7-5-9)18-15(19)13-10-2-3-11(8-10)14(13)16(18)20/h2-7,10-11,13-14H,8H2,1H3/t10-,11+,13+,14-. The fraction of sp³-hybridized carbons (Fsp3) is 0.353. The molecule has 1 saturated carbocycles. The molecule has 4 atom stereocenters. The second-order valence-electron chi connectivity index (χ2n) is 6.05. The van der Waals surface area contributed by atoms with Crippen molar-refractivity contribution < 1.29 is 19.1 Å². The summed E-state index contributed by atoms with van der Waals surface area (Å²) in [7, 11) is 1.31. The molecule has 1 heterocycles. The molecule has 2 amide bonds. The van der Waals surface area contributed by atoms with E-state index in [1.165, 1.54) is 12.0 Å². The topological polar surface area (TPSA) is 63.7 Å². The van der Waals surface area contributed by atoms with Crippen molar-refractivity contribution in [3.05, 3.63) is 42.0 Å². The van der Waals surface area contributed by atoms with Gasteiger partial charge in [0, 0.05) is 0 Å². The van der Waals surface area contributed by atoms with Crippen molar-refractivity contribution in [2.45, 2.75) is 6.42 Å². The van der Waals surface area contributed by atoms with Crippen LogP contribution in [0.15, 0.2) is 36.4 Å². The van der Waals surface area contributed by atoms with Crippen molar-refractivity contribution in [2.75, 3.05) is 12.0 Å². The first-order valence-corrected chi connectivity index (χ1v) is 7.36. The van der Waals surface area contributed by atoms with E-state index in [1.807, 2.05) is 0 Å². The van der Waals surface area contributed by atoms with Gasteiger partial charge in [0.25, 0.3) is 0 Å². The fourth-order valence-corrected chi connectivity index (χ4v) is 4.02. The third-order valence-corrected chi connectivity index (χ3v) is 5.02. The molecule has 5 nitrogen and oxygen atoms in total. The Labute approximate surface area is 127 Å². The van der Waals surface area contributed by atoms with Gasteiger partial charge in [-0.25, -0.2) is 4.79 Å². The Hall–Kier alpha value is -2.43. The van der Waals surface area contributed by atoms with Crippen molar-refractivity contribution >= 4 is 23.5 Å². The number of ether oxygens (including phenoxy) is 1. The van der Waals surface area contributed by atoms with E-state index in [4.69, 9.17) is 0 Å². The minimum absolute atomic E-state index is 0.113. The van der Waals surface area contributed by atoms with Crippen LogP contribution in [0.5, 0.6) is 0 Å². The van der Waals surface area contributed by atoms with E-state index in [1.54, 1.807) is 24.3 Å². The lowest BCUT2D eigenvalue weighted by atomic mass is 9.85. The van der Waals surface area contributed by atoms with Crippen molar-refractivity contribution in [1.82, 2.24) is 0 Å². The summed E-state index contributed by atoms with van der Waals surface area (Å²) in [4.78, 5) is 38.0. The van der Waals surface area contributed by atoms with E-state index in [9.17, 15) is 14.4 Å². The molecule has 0 aromatic heterocycles. The van der Waals surface area contributed by atoms with Crippen LogP contribution in [0.2, 0.25) is 0 Å². The van der Waals surface area contributed by atoms with Gasteiger partial charge in [-0.2, -0.15) is 0 Å². The lowest BCUT2D eigenvalue weighted by molar-refractivity contribution is -0.123. The highest BCUT2D eigenvalue weighted by atomic mass is 16.5. The Morgan fingerprint density at radius 3 is 2.09 bits per heavy atom. The van der Waals surface area contributed by atoms with Gasteiger partial charge in [0.15, 0.2) is 0 Å². The third-order valence-electron chi connectivity index (χ3n) is 5.02. The highest BCUT2D eigenvalue weighted by molar-refractivity contribution is 6.22. The Bertz CT molecular complexity index is 676. The van der Waals surface area contributed by atoms with Gasteiger partial charge in [0.1, 0.15) is 0 Å². The van der Waals surface area contributed by atoms with Gasteiger partial charge in [0.05, 0.1) is 30.2 Å². The van der Waals surface area contributed by atoms with E-state index in [0.29, 0.717) is 11.3 Å². The molecule has 2 bridgehead atoms. The Kier molecular flexibility index (Phi) is 2.73. The molecule has 4 rings (SSSR count). The number of methoxy groups -OCH3 is 1. The van der Waals surface area contributed by atoms with Crippen molar-refractivity contribution in [1.29, 1.82) is 0 Å². The molecule has 1 aliphatic heterocycles. The smallest absolute Gasteiger partial charge is 0.337 e. The number of fused-ring (bicyclic) bond motifs is 5. The molecule has 112 valence electrons. The van der Waals surface area contributed by atoms with Crippen molar-refractivity contribution in [2.24, 2.45) is 23.7 Å². The number of hydrogen-bond donors (Lipinski definition) is 0. The molecule has 0 spiro atoms. The summed E-state index contributed by atoms with van der Waals surface area (Å²) < 4.78 is 4.65. The van der Waals surface area contributed by atoms with E-state index >= 15 is 0 Å². The summed E-state index contributed by atoms with van der Waals surface area (Å²) >= 11 is 0. The van der Waals surface area contributed by atoms with Crippen molar-refractivity contribution in [3.63, 3.8) is 0 Å². The van der Waals surface area contributed by atoms with Crippen LogP contribution in [0.1, 0.15) is 16.8 Å². The van der Waals surface area contributed by atoms with Gasteiger partial charge >= 0.3 is 5.97 Å². The zero-order chi connectivity index (χ0) is 15.4. The molecular weight excluding hydrogens is 282 g/mol. The molecule has 2 fully saturated rings. The maximum atomic E-state index is 12.6. The van der Waals surface area contributed by atoms with Gasteiger partial charge < -0.3 is 4.74 Å². The quantitative estimate of drug-likeness (QED) is 0.474. The first-order valence-electron chi connectivity index (χ1n) is 7.36. The molecule has 3 aliphatic rings. The van der Waals surface area contributed by atoms with Crippen LogP contribution < -0.4 is 4.90 Å². The van der Waals surface area contributed by atoms with Gasteiger partial charge in [-0.05, 0) is 42.5 Å². The number of carbonyl (C=O) groups is 3. The van der Waals surface area contributed by atoms with Crippen LogP contribution in [0.25, 0.3) is 0 Å². The summed E-state index contributed by atoms with van der Waals surface area (Å²) in [5, 5.41) is 0. The summed E-state index contributed by atoms with van der Waals surface area (Å²) in [6.45, 7) is 0. The number of nitrogens with zero attached hydrogens (tertiary/aromatic N) is 1. The van der Waals surface area contributed by atoms with E-state index < -0.39 is 5.97 Å². The number of benzene rings is 1. The van der Waals surface area contributed by atoms with E-state index in [2.05, 4.69) is 16.9 Å². The molecule has 0 radical (unpaired) electrons. The second kappa shape index (κ2) is 4.53. The summed E-state index contributed by atoms with van der Waals surface area (Å²) in [5.41, 5.74) is 0.920. The predicted molar refractivity (Wildman–Crippen MR) is 78.0 cm³/mol. The Balaban J connectivity index is 1.65. The van der Waals surface area contributed by atoms with E-state index in [0.717, 1.165) is 6.42 Å². The number of allylic oxidation sites excluding steroid dienone is 2. The van der Waals surface area contributed by atoms with Crippen LogP contribution in [-0.2, 0) is 14.3 Å². The van der Waals surface area contributed by atoms with Crippen molar-refractivity contribution in [3.8, 4) is 0 Å². The average molecular weight is 297 g/mol. The van der Waals surface area contributed by atoms with Crippen LogP contribution in [-0.4, -0.2) is 24.9 Å². The first kappa shape index (κ1) is 13.2. The minimum atomic E-state index is -0.440. The van der Waals surface area contributed by atoms with Crippen LogP contribution >= 0.6 is 0 Å². The number of hydrogen-bond acceptors (Lipinski definition) is 4. The van der Waals surface area contributed by atoms with Gasteiger partial charge in [-0.15, -0.1) is 0 Å². The molecule has 1 aromatic rings. The van der Waals surface area contributed by atoms with Crippen LogP contribution in [0, 0.1) is 23.7 Å². The summed E-state index contributed by atoms with van der Waals surface area (Å²) in [6.07, 6.45) is 5.06. The normalized spacial score (nSPS) is 31.8. The maximum absolute atomic E-state index is 12.6. The maximum Gasteiger partial charge on any atom is 0.337 e. The Morgan fingerprint density at radius 1 is 1.05 bits per heavy atom. The van der Waals surface area contributed by atoms with Gasteiger partial charge in [0.2, 0.25) is 11.8 Å². The molecule has 22 heavy (non-hydrogen) atoms. The molecule has 2 aliphatic carbocycles. The molecule has 1 saturated heterocycles. The SMILES string of the molecule is COC(=O)c1ccc(N2C(=O)[C@@H]3[C@H](C2=O)[C@H]2C=C[C@@H]3C2)cc1. The lowest BCUT2D eigenvalue weighted by Crippen LogP contribution is -2.32. The minimum Gasteiger partial charge on any atom is -0.465 e. The van der Waals surface area contributed by atoms with Crippen LogP contribution in [0.3, 0.4) is 0 Å². The molecular formula is C17H15NO4. The number of rotatable bonds is 2. The second-order valence-corrected chi connectivity index (χ2v) is 6.05. The largest absolute Gasteiger partial charge is 0.465 e. The third kappa shape index (κ3) is 1.62. The predicted octanol–water partition coefficient (Wildman–Crippen LogP) is 1.78. The van der Waals surface area contributed by atoms with Gasteiger partial charge in [-0.1, -0.05) is 12.2 Å². The highest BCUT2D eigenvalue weighted by Crippen LogP contribution is 2.53. The highest BCUT2D eigenvalue weighted by Gasteiger charge is 2.59. The monoisotopic (exact) mass is 297 g/mol. The number of anilines is 1. The number of carbonyl (C=O) groups excluding carboxylic acids is 3. The molecule has 1 aromatic carbocycles. The zero-order valence-electron chi connectivity index (χ0n) is 12.1. The molecule has 0 N–H and O–H groups in total. The molecule has 5 heteroatoms. The zero-order valence-corrected chi connectivity index (χ0v) is 12.1. The summed E-state index contributed by atoms with van der Waals surface area (Å²) in [5.74, 6) is -0.678. The van der Waals surface area contributed by atoms with Gasteiger partial charge in [-0.3, -0.25) is 14.5 Å². The number of esters is 1. The van der Waals surface area contributed by atoms with Crippen LogP contribution in [0.4, 0.5) is 5.69 Å². The fourth-order valence-electron chi connectivity index (χ4n) is 4.02. The number of amides is 2. The average Bonchev–Trinajstić information content (AvgIpc) is 3.21. The summed E-state index contributed by atoms with van der Waals surface area (Å²) in [6, 6.07) is 6.39.